The maximum absolute atomic E-state index is 13.8. The van der Waals surface area contributed by atoms with Gasteiger partial charge in [0.2, 0.25) is 0 Å². The summed E-state index contributed by atoms with van der Waals surface area (Å²) in [5.74, 6) is -0.405. The zero-order valence-corrected chi connectivity index (χ0v) is 15.3. The van der Waals surface area contributed by atoms with Crippen LogP contribution < -0.4 is 10.1 Å². The highest BCUT2D eigenvalue weighted by atomic mass is 79.9. The van der Waals surface area contributed by atoms with Gasteiger partial charge in [-0.15, -0.1) is 0 Å². The minimum atomic E-state index is -0.780. The zero-order valence-electron chi connectivity index (χ0n) is 12.9. The van der Waals surface area contributed by atoms with E-state index in [1.165, 1.54) is 12.1 Å². The lowest BCUT2D eigenvalue weighted by atomic mass is 10.1. The summed E-state index contributed by atoms with van der Waals surface area (Å²) in [6, 6.07) is 7.95. The third-order valence-electron chi connectivity index (χ3n) is 3.28. The number of ether oxygens (including phenoxy) is 1. The Bertz CT molecular complexity index is 728. The number of nitrogens with one attached hydrogen (secondary N) is 1. The number of benzene rings is 2. The third kappa shape index (κ3) is 4.45. The van der Waals surface area contributed by atoms with Crippen molar-refractivity contribution in [1.29, 1.82) is 0 Å². The van der Waals surface area contributed by atoms with E-state index in [1.54, 1.807) is 25.1 Å². The van der Waals surface area contributed by atoms with E-state index in [1.807, 2.05) is 13.8 Å². The molecule has 3 nitrogen and oxygen atoms in total. The molecular formula is C17H16BrClFNO2. The third-order valence-corrected chi connectivity index (χ3v) is 4.37. The second-order valence-corrected chi connectivity index (χ2v) is 6.54. The van der Waals surface area contributed by atoms with E-state index >= 15 is 0 Å². The van der Waals surface area contributed by atoms with Crippen LogP contribution in [0.1, 0.15) is 18.1 Å². The summed E-state index contributed by atoms with van der Waals surface area (Å²) < 4.78 is 20.0. The fourth-order valence-electron chi connectivity index (χ4n) is 2.06. The van der Waals surface area contributed by atoms with Gasteiger partial charge in [0.1, 0.15) is 11.6 Å². The normalized spacial score (nSPS) is 11.9. The maximum Gasteiger partial charge on any atom is 0.265 e. The molecule has 2 aromatic carbocycles. The molecule has 2 aromatic rings. The highest BCUT2D eigenvalue weighted by molar-refractivity contribution is 9.10. The zero-order chi connectivity index (χ0) is 17.1. The molecule has 0 aliphatic carbocycles. The summed E-state index contributed by atoms with van der Waals surface area (Å²) >= 11 is 9.27. The van der Waals surface area contributed by atoms with Gasteiger partial charge in [0.15, 0.2) is 6.10 Å². The van der Waals surface area contributed by atoms with Crippen molar-refractivity contribution in [3.05, 3.63) is 56.8 Å². The lowest BCUT2D eigenvalue weighted by Gasteiger charge is -2.16. The van der Waals surface area contributed by atoms with Crippen molar-refractivity contribution < 1.29 is 13.9 Å². The van der Waals surface area contributed by atoms with Crippen LogP contribution in [0.25, 0.3) is 0 Å². The Kier molecular flexibility index (Phi) is 5.65. The van der Waals surface area contributed by atoms with E-state index in [0.29, 0.717) is 15.2 Å². The summed E-state index contributed by atoms with van der Waals surface area (Å²) in [5, 5.41) is 3.18. The van der Waals surface area contributed by atoms with Crippen molar-refractivity contribution in [3.8, 4) is 5.75 Å². The Balaban J connectivity index is 2.08. The molecule has 1 atom stereocenters. The Hall–Kier alpha value is -1.59. The second-order valence-electron chi connectivity index (χ2n) is 5.24. The summed E-state index contributed by atoms with van der Waals surface area (Å²) in [5.41, 5.74) is 1.85. The van der Waals surface area contributed by atoms with Gasteiger partial charge in [-0.1, -0.05) is 27.5 Å². The smallest absolute Gasteiger partial charge is 0.265 e. The van der Waals surface area contributed by atoms with Crippen molar-refractivity contribution in [2.45, 2.75) is 26.9 Å². The summed E-state index contributed by atoms with van der Waals surface area (Å²) in [4.78, 5) is 12.2. The van der Waals surface area contributed by atoms with Crippen LogP contribution >= 0.6 is 27.5 Å². The maximum atomic E-state index is 13.8. The highest BCUT2D eigenvalue weighted by Crippen LogP contribution is 2.26. The van der Waals surface area contributed by atoms with Crippen LogP contribution in [0.4, 0.5) is 10.1 Å². The van der Waals surface area contributed by atoms with Gasteiger partial charge in [0, 0.05) is 9.50 Å². The van der Waals surface area contributed by atoms with Crippen molar-refractivity contribution in [3.63, 3.8) is 0 Å². The Morgan fingerprint density at radius 2 is 1.87 bits per heavy atom. The fourth-order valence-corrected chi connectivity index (χ4v) is 2.50. The second kappa shape index (κ2) is 7.32. The first kappa shape index (κ1) is 17.8. The van der Waals surface area contributed by atoms with E-state index < -0.39 is 17.8 Å². The average Bonchev–Trinajstić information content (AvgIpc) is 2.47. The first-order valence-corrected chi connectivity index (χ1v) is 8.14. The predicted molar refractivity (Wildman–Crippen MR) is 93.7 cm³/mol. The van der Waals surface area contributed by atoms with Crippen LogP contribution in [-0.4, -0.2) is 12.0 Å². The standard InChI is InChI=1S/C17H16BrClFNO2/c1-9-6-13(7-10(2)16(9)19)23-11(3)17(22)21-15-5-4-12(18)8-14(15)20/h4-8,11H,1-3H3,(H,21,22)/t11-/m1/s1. The molecule has 0 bridgehead atoms. The van der Waals surface area contributed by atoms with E-state index in [9.17, 15) is 9.18 Å². The largest absolute Gasteiger partial charge is 0.481 e. The Morgan fingerprint density at radius 1 is 1.26 bits per heavy atom. The van der Waals surface area contributed by atoms with Crippen molar-refractivity contribution in [2.24, 2.45) is 0 Å². The number of hydrogen-bond donors (Lipinski definition) is 1. The average molecular weight is 401 g/mol. The molecule has 0 heterocycles. The Labute approximate surface area is 147 Å². The van der Waals surface area contributed by atoms with Crippen LogP contribution in [0.3, 0.4) is 0 Å². The number of hydrogen-bond acceptors (Lipinski definition) is 2. The van der Waals surface area contributed by atoms with Crippen LogP contribution in [0.2, 0.25) is 5.02 Å². The molecule has 0 unspecified atom stereocenters. The number of aryl methyl sites for hydroxylation is 2. The van der Waals surface area contributed by atoms with E-state index in [4.69, 9.17) is 16.3 Å². The van der Waals surface area contributed by atoms with Crippen LogP contribution in [0.5, 0.6) is 5.75 Å². The highest BCUT2D eigenvalue weighted by Gasteiger charge is 2.17. The summed E-state index contributed by atoms with van der Waals surface area (Å²) in [7, 11) is 0. The molecule has 0 spiro atoms. The number of anilines is 1. The predicted octanol–water partition coefficient (Wildman–Crippen LogP) is 5.26. The molecule has 6 heteroatoms. The molecule has 0 radical (unpaired) electrons. The SMILES string of the molecule is Cc1cc(O[C@H](C)C(=O)Nc2ccc(Br)cc2F)cc(C)c1Cl. The van der Waals surface area contributed by atoms with Crippen LogP contribution in [-0.2, 0) is 4.79 Å². The minimum Gasteiger partial charge on any atom is -0.481 e. The van der Waals surface area contributed by atoms with Gasteiger partial charge in [-0.3, -0.25) is 4.79 Å². The molecule has 0 aliphatic rings. The lowest BCUT2D eigenvalue weighted by molar-refractivity contribution is -0.122. The van der Waals surface area contributed by atoms with Gasteiger partial charge in [-0.25, -0.2) is 4.39 Å². The molecule has 0 saturated heterocycles. The van der Waals surface area contributed by atoms with Gasteiger partial charge in [-0.2, -0.15) is 0 Å². The van der Waals surface area contributed by atoms with Crippen molar-refractivity contribution in [1.82, 2.24) is 0 Å². The molecule has 0 aromatic heterocycles. The minimum absolute atomic E-state index is 0.108. The van der Waals surface area contributed by atoms with E-state index in [2.05, 4.69) is 21.2 Å². The molecule has 122 valence electrons. The van der Waals surface area contributed by atoms with Crippen molar-refractivity contribution >= 4 is 39.1 Å². The molecule has 2 rings (SSSR count). The number of amides is 1. The van der Waals surface area contributed by atoms with E-state index in [0.717, 1.165) is 11.1 Å². The quantitative estimate of drug-likeness (QED) is 0.760. The van der Waals surface area contributed by atoms with Gasteiger partial charge in [0.25, 0.3) is 5.91 Å². The first-order chi connectivity index (χ1) is 10.8. The molecule has 1 N–H and O–H groups in total. The number of carbonyl (C=O) groups is 1. The molecule has 0 aliphatic heterocycles. The first-order valence-electron chi connectivity index (χ1n) is 6.97. The molecular weight excluding hydrogens is 385 g/mol. The molecule has 23 heavy (non-hydrogen) atoms. The summed E-state index contributed by atoms with van der Waals surface area (Å²) in [6.45, 7) is 5.33. The summed E-state index contributed by atoms with van der Waals surface area (Å²) in [6.07, 6.45) is -0.780. The van der Waals surface area contributed by atoms with Gasteiger partial charge < -0.3 is 10.1 Å². The Morgan fingerprint density at radius 3 is 2.43 bits per heavy atom. The number of rotatable bonds is 4. The molecule has 0 saturated carbocycles. The lowest BCUT2D eigenvalue weighted by Crippen LogP contribution is -2.30. The topological polar surface area (TPSA) is 38.3 Å². The molecule has 0 fully saturated rings. The monoisotopic (exact) mass is 399 g/mol. The molecule has 1 amide bonds. The van der Waals surface area contributed by atoms with Gasteiger partial charge in [-0.05, 0) is 62.2 Å². The van der Waals surface area contributed by atoms with Gasteiger partial charge in [0.05, 0.1) is 5.69 Å². The number of carbonyl (C=O) groups excluding carboxylic acids is 1. The van der Waals surface area contributed by atoms with Crippen molar-refractivity contribution in [2.75, 3.05) is 5.32 Å². The van der Waals surface area contributed by atoms with Crippen LogP contribution in [0, 0.1) is 19.7 Å². The van der Waals surface area contributed by atoms with Gasteiger partial charge >= 0.3 is 0 Å². The fraction of sp³-hybridized carbons (Fsp3) is 0.235. The number of halogens is 3. The van der Waals surface area contributed by atoms with E-state index in [-0.39, 0.29) is 5.69 Å². The van der Waals surface area contributed by atoms with Crippen LogP contribution in [0.15, 0.2) is 34.8 Å².